The first kappa shape index (κ1) is 17.8. The van der Waals surface area contributed by atoms with Crippen molar-refractivity contribution in [2.75, 3.05) is 6.54 Å². The van der Waals surface area contributed by atoms with E-state index in [4.69, 9.17) is 11.6 Å². The molecule has 3 aromatic rings. The fourth-order valence-corrected chi connectivity index (χ4v) is 3.76. The zero-order chi connectivity index (χ0) is 17.6. The first-order valence-electron chi connectivity index (χ1n) is 8.38. The molecule has 1 aromatic carbocycles. The van der Waals surface area contributed by atoms with Crippen LogP contribution in [0.5, 0.6) is 0 Å². The van der Waals surface area contributed by atoms with Crippen molar-refractivity contribution >= 4 is 28.8 Å². The summed E-state index contributed by atoms with van der Waals surface area (Å²) in [5.74, 6) is 0.104. The Kier molecular flexibility index (Phi) is 5.95. The van der Waals surface area contributed by atoms with E-state index in [0.717, 1.165) is 40.7 Å². The molecule has 0 fully saturated rings. The lowest BCUT2D eigenvalue weighted by Gasteiger charge is -2.22. The molecular weight excluding hydrogens is 352 g/mol. The van der Waals surface area contributed by atoms with Gasteiger partial charge in [0.2, 0.25) is 0 Å². The maximum absolute atomic E-state index is 12.7. The van der Waals surface area contributed by atoms with E-state index < -0.39 is 0 Å². The number of rotatable bonds is 7. The number of thiophene rings is 1. The first-order valence-corrected chi connectivity index (χ1v) is 9.64. The molecule has 0 unspecified atom stereocenters. The lowest BCUT2D eigenvalue weighted by Crippen LogP contribution is -2.31. The number of hydrogen-bond acceptors (Lipinski definition) is 2. The summed E-state index contributed by atoms with van der Waals surface area (Å²) in [6.45, 7) is 4.20. The topological polar surface area (TPSA) is 25.2 Å². The lowest BCUT2D eigenvalue weighted by molar-refractivity contribution is 0.0744. The monoisotopic (exact) mass is 372 g/mol. The number of aromatic nitrogens is 1. The summed E-state index contributed by atoms with van der Waals surface area (Å²) in [5, 5.41) is 2.69. The molecule has 25 heavy (non-hydrogen) atoms. The van der Waals surface area contributed by atoms with E-state index in [9.17, 15) is 4.79 Å². The van der Waals surface area contributed by atoms with Crippen LogP contribution >= 0.6 is 22.9 Å². The van der Waals surface area contributed by atoms with Crippen molar-refractivity contribution < 1.29 is 4.79 Å². The van der Waals surface area contributed by atoms with Gasteiger partial charge < -0.3 is 9.47 Å². The van der Waals surface area contributed by atoms with Gasteiger partial charge in [0.15, 0.2) is 0 Å². The molecule has 0 saturated heterocycles. The summed E-state index contributed by atoms with van der Waals surface area (Å²) >= 11 is 7.58. The third-order valence-corrected chi connectivity index (χ3v) is 5.12. The number of amides is 1. The van der Waals surface area contributed by atoms with Gasteiger partial charge in [-0.1, -0.05) is 36.7 Å². The zero-order valence-electron chi connectivity index (χ0n) is 14.2. The molecule has 0 aliphatic carbocycles. The molecule has 0 atom stereocenters. The van der Waals surface area contributed by atoms with Crippen LogP contribution in [-0.4, -0.2) is 21.9 Å². The number of nitrogens with zero attached hydrogens (tertiary/aromatic N) is 2. The molecule has 3 rings (SSSR count). The van der Waals surface area contributed by atoms with Crippen LogP contribution in [0.1, 0.15) is 34.3 Å². The molecule has 0 aliphatic rings. The molecule has 0 aliphatic heterocycles. The van der Waals surface area contributed by atoms with Crippen molar-refractivity contribution in [1.82, 2.24) is 9.47 Å². The number of halogens is 1. The number of carbonyl (C=O) groups excluding carboxylic acids is 1. The Bertz CT molecular complexity index is 826. The highest BCUT2D eigenvalue weighted by Crippen LogP contribution is 2.17. The predicted molar refractivity (Wildman–Crippen MR) is 104 cm³/mol. The lowest BCUT2D eigenvalue weighted by atomic mass is 10.2. The van der Waals surface area contributed by atoms with Crippen LogP contribution in [0.3, 0.4) is 0 Å². The van der Waals surface area contributed by atoms with Crippen LogP contribution in [0.2, 0.25) is 5.02 Å². The second-order valence-electron chi connectivity index (χ2n) is 5.96. The summed E-state index contributed by atoms with van der Waals surface area (Å²) in [5.41, 5.74) is 2.27. The molecule has 0 saturated carbocycles. The molecule has 130 valence electrons. The molecule has 3 nitrogen and oxygen atoms in total. The Morgan fingerprint density at radius 2 is 2.08 bits per heavy atom. The molecule has 5 heteroatoms. The van der Waals surface area contributed by atoms with E-state index in [1.165, 1.54) is 11.3 Å². The van der Waals surface area contributed by atoms with Crippen LogP contribution in [0.4, 0.5) is 0 Å². The SMILES string of the molecule is CCCN(Cc1cccn1Cc1cccc(Cl)c1)C(=O)c1cccs1. The summed E-state index contributed by atoms with van der Waals surface area (Å²) < 4.78 is 2.18. The van der Waals surface area contributed by atoms with Crippen molar-refractivity contribution in [3.8, 4) is 0 Å². The van der Waals surface area contributed by atoms with E-state index in [1.807, 2.05) is 46.7 Å². The normalized spacial score (nSPS) is 10.8. The van der Waals surface area contributed by atoms with Crippen LogP contribution in [0, 0.1) is 0 Å². The fraction of sp³-hybridized carbons (Fsp3) is 0.250. The highest BCUT2D eigenvalue weighted by atomic mass is 35.5. The maximum atomic E-state index is 12.7. The number of hydrogen-bond donors (Lipinski definition) is 0. The minimum atomic E-state index is 0.104. The largest absolute Gasteiger partial charge is 0.345 e. The van der Waals surface area contributed by atoms with Gasteiger partial charge >= 0.3 is 0 Å². The van der Waals surface area contributed by atoms with Crippen LogP contribution in [0.15, 0.2) is 60.1 Å². The van der Waals surface area contributed by atoms with Gasteiger partial charge in [0.1, 0.15) is 0 Å². The van der Waals surface area contributed by atoms with E-state index >= 15 is 0 Å². The van der Waals surface area contributed by atoms with E-state index in [0.29, 0.717) is 6.54 Å². The fourth-order valence-electron chi connectivity index (χ4n) is 2.85. The van der Waals surface area contributed by atoms with Crippen molar-refractivity contribution in [3.05, 3.63) is 81.3 Å². The molecule has 0 spiro atoms. The van der Waals surface area contributed by atoms with Crippen molar-refractivity contribution in [2.45, 2.75) is 26.4 Å². The molecule has 2 aromatic heterocycles. The van der Waals surface area contributed by atoms with E-state index in [1.54, 1.807) is 0 Å². The highest BCUT2D eigenvalue weighted by molar-refractivity contribution is 7.12. The van der Waals surface area contributed by atoms with E-state index in [2.05, 4.69) is 29.8 Å². The highest BCUT2D eigenvalue weighted by Gasteiger charge is 2.17. The standard InChI is InChI=1S/C20H21ClN2OS/c1-2-10-23(20(24)19-9-5-12-25-19)15-18-8-4-11-22(18)14-16-6-3-7-17(21)13-16/h3-9,11-13H,2,10,14-15H2,1H3. The van der Waals surface area contributed by atoms with Crippen LogP contribution in [-0.2, 0) is 13.1 Å². The second kappa shape index (κ2) is 8.37. The van der Waals surface area contributed by atoms with Gasteiger partial charge in [-0.15, -0.1) is 11.3 Å². The van der Waals surface area contributed by atoms with Gasteiger partial charge in [-0.25, -0.2) is 0 Å². The minimum Gasteiger partial charge on any atom is -0.345 e. The van der Waals surface area contributed by atoms with Gasteiger partial charge in [-0.05, 0) is 47.7 Å². The Hall–Kier alpha value is -2.04. The van der Waals surface area contributed by atoms with Crippen LogP contribution in [0.25, 0.3) is 0 Å². The molecule has 0 bridgehead atoms. The quantitative estimate of drug-likeness (QED) is 0.552. The summed E-state index contributed by atoms with van der Waals surface area (Å²) in [4.78, 5) is 15.5. The summed E-state index contributed by atoms with van der Waals surface area (Å²) in [7, 11) is 0. The summed E-state index contributed by atoms with van der Waals surface area (Å²) in [6, 6.07) is 15.8. The molecule has 2 heterocycles. The third kappa shape index (κ3) is 4.53. The first-order chi connectivity index (χ1) is 12.2. The van der Waals surface area contributed by atoms with Gasteiger partial charge in [0.25, 0.3) is 5.91 Å². The predicted octanol–water partition coefficient (Wildman–Crippen LogP) is 5.30. The van der Waals surface area contributed by atoms with Gasteiger partial charge in [0, 0.05) is 30.0 Å². The average Bonchev–Trinajstić information content (AvgIpc) is 3.26. The smallest absolute Gasteiger partial charge is 0.264 e. The van der Waals surface area contributed by atoms with E-state index in [-0.39, 0.29) is 5.91 Å². The third-order valence-electron chi connectivity index (χ3n) is 4.03. The molecule has 0 radical (unpaired) electrons. The number of benzene rings is 1. The van der Waals surface area contributed by atoms with Gasteiger partial charge in [-0.3, -0.25) is 4.79 Å². The molecule has 0 N–H and O–H groups in total. The Morgan fingerprint density at radius 3 is 2.80 bits per heavy atom. The van der Waals surface area contributed by atoms with Gasteiger partial charge in [0.05, 0.1) is 11.4 Å². The van der Waals surface area contributed by atoms with Crippen molar-refractivity contribution in [1.29, 1.82) is 0 Å². The van der Waals surface area contributed by atoms with Crippen molar-refractivity contribution in [3.63, 3.8) is 0 Å². The van der Waals surface area contributed by atoms with Crippen molar-refractivity contribution in [2.24, 2.45) is 0 Å². The summed E-state index contributed by atoms with van der Waals surface area (Å²) in [6.07, 6.45) is 2.99. The zero-order valence-corrected chi connectivity index (χ0v) is 15.8. The molecular formula is C20H21ClN2OS. The Morgan fingerprint density at radius 1 is 1.20 bits per heavy atom. The Labute approximate surface area is 157 Å². The van der Waals surface area contributed by atoms with Gasteiger partial charge in [-0.2, -0.15) is 0 Å². The minimum absolute atomic E-state index is 0.104. The Balaban J connectivity index is 1.77. The molecule has 1 amide bonds. The maximum Gasteiger partial charge on any atom is 0.264 e. The second-order valence-corrected chi connectivity index (χ2v) is 7.35. The number of carbonyl (C=O) groups is 1. The average molecular weight is 373 g/mol. The van der Waals surface area contributed by atoms with Crippen LogP contribution < -0.4 is 0 Å².